The fourth-order valence-corrected chi connectivity index (χ4v) is 1.47. The highest BCUT2D eigenvalue weighted by atomic mass is 16.3. The summed E-state index contributed by atoms with van der Waals surface area (Å²) >= 11 is 0. The highest BCUT2D eigenvalue weighted by Gasteiger charge is 2.03. The van der Waals surface area contributed by atoms with Crippen LogP contribution in [0.5, 0.6) is 0 Å². The van der Waals surface area contributed by atoms with Crippen LogP contribution in [0.4, 0.5) is 0 Å². The summed E-state index contributed by atoms with van der Waals surface area (Å²) in [4.78, 5) is 0. The van der Waals surface area contributed by atoms with Gasteiger partial charge in [-0.2, -0.15) is 5.10 Å². The third-order valence-corrected chi connectivity index (χ3v) is 2.23. The van der Waals surface area contributed by atoms with Gasteiger partial charge >= 0.3 is 0 Å². The molecule has 3 heteroatoms. The van der Waals surface area contributed by atoms with Gasteiger partial charge in [-0.25, -0.2) is 0 Å². The number of hydrogen-bond donors (Lipinski definition) is 2. The summed E-state index contributed by atoms with van der Waals surface area (Å²) in [6.45, 7) is 2.00. The Hall–Kier alpha value is -1.79. The smallest absolute Gasteiger partial charge is 0.0694 e. The molecule has 2 N–H and O–H groups in total. The van der Waals surface area contributed by atoms with Crippen LogP contribution in [0.25, 0.3) is 10.9 Å². The largest absolute Gasteiger partial charge is 0.392 e. The lowest BCUT2D eigenvalue weighted by Gasteiger charge is -2.00. The van der Waals surface area contributed by atoms with Crippen molar-refractivity contribution in [3.05, 3.63) is 29.5 Å². The van der Waals surface area contributed by atoms with Crippen LogP contribution in [0.1, 0.15) is 24.5 Å². The predicted octanol–water partition coefficient (Wildman–Crippen LogP) is 1.82. The Morgan fingerprint density at radius 3 is 3.07 bits per heavy atom. The first-order valence-electron chi connectivity index (χ1n) is 4.91. The molecule has 0 bridgehead atoms. The highest BCUT2D eigenvalue weighted by Crippen LogP contribution is 2.17. The van der Waals surface area contributed by atoms with E-state index in [1.807, 2.05) is 19.1 Å². The van der Waals surface area contributed by atoms with Gasteiger partial charge in [0.25, 0.3) is 0 Å². The standard InChI is InChI=1S/C12H12N2O/c1-2-3-4-9-5-10-7-13-14-12(10)6-11(9)8-15/h5-7,15H,2,8H2,1H3,(H,13,14). The Kier molecular flexibility index (Phi) is 2.70. The Labute approximate surface area is 88.1 Å². The van der Waals surface area contributed by atoms with Crippen LogP contribution in [0.2, 0.25) is 0 Å². The quantitative estimate of drug-likeness (QED) is 0.690. The number of nitrogens with one attached hydrogen (secondary N) is 1. The van der Waals surface area contributed by atoms with Crippen LogP contribution in [0.15, 0.2) is 18.3 Å². The normalized spacial score (nSPS) is 10.0. The van der Waals surface area contributed by atoms with Gasteiger partial charge < -0.3 is 5.11 Å². The molecule has 2 rings (SSSR count). The maximum Gasteiger partial charge on any atom is 0.0694 e. The fourth-order valence-electron chi connectivity index (χ4n) is 1.47. The molecule has 15 heavy (non-hydrogen) atoms. The van der Waals surface area contributed by atoms with Crippen molar-refractivity contribution in [2.75, 3.05) is 0 Å². The van der Waals surface area contributed by atoms with E-state index in [1.165, 1.54) is 0 Å². The molecular formula is C12H12N2O. The monoisotopic (exact) mass is 200 g/mol. The second-order valence-electron chi connectivity index (χ2n) is 3.28. The first kappa shape index (κ1) is 9.75. The van der Waals surface area contributed by atoms with Gasteiger partial charge in [-0.3, -0.25) is 5.10 Å². The first-order chi connectivity index (χ1) is 7.35. The summed E-state index contributed by atoms with van der Waals surface area (Å²) in [5.74, 6) is 6.05. The molecule has 76 valence electrons. The molecule has 3 nitrogen and oxygen atoms in total. The Morgan fingerprint density at radius 2 is 2.33 bits per heavy atom. The van der Waals surface area contributed by atoms with Crippen LogP contribution < -0.4 is 0 Å². The first-order valence-corrected chi connectivity index (χ1v) is 4.91. The molecule has 0 fully saturated rings. The lowest BCUT2D eigenvalue weighted by molar-refractivity contribution is 0.281. The number of aromatic nitrogens is 2. The van der Waals surface area contributed by atoms with Gasteiger partial charge in [0.15, 0.2) is 0 Å². The average Bonchev–Trinajstić information content (AvgIpc) is 2.71. The minimum atomic E-state index is 0.00267. The Morgan fingerprint density at radius 1 is 1.47 bits per heavy atom. The van der Waals surface area contributed by atoms with E-state index in [1.54, 1.807) is 6.20 Å². The Balaban J connectivity index is 2.59. The van der Waals surface area contributed by atoms with Crippen molar-refractivity contribution in [1.82, 2.24) is 10.2 Å². The van der Waals surface area contributed by atoms with Crippen molar-refractivity contribution < 1.29 is 5.11 Å². The molecule has 0 aliphatic rings. The summed E-state index contributed by atoms with van der Waals surface area (Å²) in [6.07, 6.45) is 2.57. The average molecular weight is 200 g/mol. The molecular weight excluding hydrogens is 188 g/mol. The Bertz CT molecular complexity index is 531. The van der Waals surface area contributed by atoms with Gasteiger partial charge in [-0.1, -0.05) is 18.8 Å². The summed E-state index contributed by atoms with van der Waals surface area (Å²) in [5, 5.41) is 17.0. The second-order valence-corrected chi connectivity index (χ2v) is 3.28. The topological polar surface area (TPSA) is 48.9 Å². The van der Waals surface area contributed by atoms with Gasteiger partial charge in [-0.05, 0) is 17.7 Å². The van der Waals surface area contributed by atoms with Crippen LogP contribution in [0.3, 0.4) is 0 Å². The molecule has 0 spiro atoms. The number of aromatic amines is 1. The third kappa shape index (κ3) is 1.85. The summed E-state index contributed by atoms with van der Waals surface area (Å²) in [6, 6.07) is 3.84. The number of benzene rings is 1. The zero-order chi connectivity index (χ0) is 10.7. The number of fused-ring (bicyclic) bond motifs is 1. The van der Waals surface area contributed by atoms with E-state index in [-0.39, 0.29) is 6.61 Å². The maximum absolute atomic E-state index is 9.21. The van der Waals surface area contributed by atoms with E-state index in [0.717, 1.165) is 28.5 Å². The van der Waals surface area contributed by atoms with Crippen LogP contribution in [-0.2, 0) is 6.61 Å². The van der Waals surface area contributed by atoms with Crippen molar-refractivity contribution in [3.63, 3.8) is 0 Å². The predicted molar refractivity (Wildman–Crippen MR) is 59.2 cm³/mol. The number of H-pyrrole nitrogens is 1. The summed E-state index contributed by atoms with van der Waals surface area (Å²) in [7, 11) is 0. The van der Waals surface area contributed by atoms with Crippen LogP contribution >= 0.6 is 0 Å². The minimum absolute atomic E-state index is 0.00267. The van der Waals surface area contributed by atoms with Gasteiger partial charge in [0.1, 0.15) is 0 Å². The lowest BCUT2D eigenvalue weighted by Crippen LogP contribution is -1.89. The number of aliphatic hydroxyl groups excluding tert-OH is 1. The zero-order valence-corrected chi connectivity index (χ0v) is 8.54. The molecule has 0 saturated carbocycles. The number of rotatable bonds is 1. The molecule has 2 aromatic rings. The van der Waals surface area contributed by atoms with E-state index >= 15 is 0 Å². The lowest BCUT2D eigenvalue weighted by atomic mass is 10.1. The SMILES string of the molecule is CCC#Cc1cc2cn[nH]c2cc1CO. The number of hydrogen-bond acceptors (Lipinski definition) is 2. The molecule has 0 saturated heterocycles. The van der Waals surface area contributed by atoms with Crippen LogP contribution in [0, 0.1) is 11.8 Å². The van der Waals surface area contributed by atoms with Gasteiger partial charge in [0.05, 0.1) is 18.3 Å². The molecule has 0 unspecified atom stereocenters. The molecule has 0 radical (unpaired) electrons. The van der Waals surface area contributed by atoms with E-state index in [2.05, 4.69) is 22.0 Å². The van der Waals surface area contributed by atoms with Crippen molar-refractivity contribution >= 4 is 10.9 Å². The van der Waals surface area contributed by atoms with E-state index in [9.17, 15) is 5.11 Å². The molecule has 0 aliphatic carbocycles. The van der Waals surface area contributed by atoms with Gasteiger partial charge in [-0.15, -0.1) is 0 Å². The minimum Gasteiger partial charge on any atom is -0.392 e. The molecule has 1 aromatic carbocycles. The molecule has 1 aromatic heterocycles. The summed E-state index contributed by atoms with van der Waals surface area (Å²) < 4.78 is 0. The highest BCUT2D eigenvalue weighted by molar-refractivity contribution is 5.80. The molecule has 0 aliphatic heterocycles. The molecule has 1 heterocycles. The molecule has 0 atom stereocenters. The van der Waals surface area contributed by atoms with Crippen molar-refractivity contribution in [1.29, 1.82) is 0 Å². The molecule has 0 amide bonds. The summed E-state index contributed by atoms with van der Waals surface area (Å²) in [5.41, 5.74) is 2.65. The maximum atomic E-state index is 9.21. The van der Waals surface area contributed by atoms with Crippen molar-refractivity contribution in [2.45, 2.75) is 20.0 Å². The van der Waals surface area contributed by atoms with Crippen molar-refractivity contribution in [3.8, 4) is 11.8 Å². The number of nitrogens with zero attached hydrogens (tertiary/aromatic N) is 1. The van der Waals surface area contributed by atoms with E-state index in [4.69, 9.17) is 0 Å². The van der Waals surface area contributed by atoms with Crippen LogP contribution in [-0.4, -0.2) is 15.3 Å². The second kappa shape index (κ2) is 4.16. The zero-order valence-electron chi connectivity index (χ0n) is 8.54. The van der Waals surface area contributed by atoms with E-state index in [0.29, 0.717) is 0 Å². The van der Waals surface area contributed by atoms with E-state index < -0.39 is 0 Å². The third-order valence-electron chi connectivity index (χ3n) is 2.23. The number of aliphatic hydroxyl groups is 1. The van der Waals surface area contributed by atoms with Gasteiger partial charge in [0, 0.05) is 17.4 Å². The van der Waals surface area contributed by atoms with Gasteiger partial charge in [0.2, 0.25) is 0 Å². The van der Waals surface area contributed by atoms with Crippen molar-refractivity contribution in [2.24, 2.45) is 0 Å². The fraction of sp³-hybridized carbons (Fsp3) is 0.250.